The van der Waals surface area contributed by atoms with Gasteiger partial charge in [-0.05, 0) is 71.4 Å². The topological polar surface area (TPSA) is 68.2 Å². The van der Waals surface area contributed by atoms with E-state index in [2.05, 4.69) is 30.9 Å². The van der Waals surface area contributed by atoms with Crippen molar-refractivity contribution in [3.63, 3.8) is 0 Å². The minimum absolute atomic E-state index is 0.0578. The number of nitrogens with zero attached hydrogens (tertiary/aromatic N) is 4. The third kappa shape index (κ3) is 4.04. The van der Waals surface area contributed by atoms with Gasteiger partial charge in [-0.3, -0.25) is 4.79 Å². The molecule has 1 saturated carbocycles. The van der Waals surface area contributed by atoms with Crippen LogP contribution in [-0.2, 0) is 0 Å². The number of aromatic nitrogens is 3. The van der Waals surface area contributed by atoms with E-state index in [4.69, 9.17) is 4.74 Å². The fourth-order valence-electron chi connectivity index (χ4n) is 4.56. The number of pyridine rings is 1. The number of piperidine rings is 2. The number of carbonyl (C=O) groups excluding carboxylic acids is 1. The zero-order chi connectivity index (χ0) is 21.4. The molecule has 6 rings (SSSR count). The second-order valence-corrected chi connectivity index (χ2v) is 8.85. The van der Waals surface area contributed by atoms with Gasteiger partial charge in [-0.1, -0.05) is 0 Å². The Morgan fingerprint density at radius 1 is 1.13 bits per heavy atom. The molecule has 3 atom stereocenters. The number of halogens is 2. The number of carbonyl (C=O) groups is 1. The monoisotopic (exact) mass is 482 g/mol. The Balaban J connectivity index is 1.44. The second-order valence-electron chi connectivity index (χ2n) is 7.94. The van der Waals surface area contributed by atoms with Gasteiger partial charge in [-0.15, -0.1) is 0 Å². The average molecular weight is 483 g/mol. The molecule has 2 aliphatic heterocycles. The van der Waals surface area contributed by atoms with Crippen LogP contribution in [0.3, 0.4) is 0 Å². The van der Waals surface area contributed by atoms with Crippen LogP contribution in [-0.4, -0.2) is 44.4 Å². The van der Waals surface area contributed by atoms with Gasteiger partial charge in [0.1, 0.15) is 11.9 Å². The fraction of sp³-hybridized carbons (Fsp3) is 0.304. The summed E-state index contributed by atoms with van der Waals surface area (Å²) in [6, 6.07) is 9.49. The molecule has 1 amide bonds. The zero-order valence-electron chi connectivity index (χ0n) is 16.6. The number of amides is 1. The highest BCUT2D eigenvalue weighted by atomic mass is 79.9. The van der Waals surface area contributed by atoms with Gasteiger partial charge >= 0.3 is 0 Å². The van der Waals surface area contributed by atoms with Crippen molar-refractivity contribution in [3.05, 3.63) is 70.8 Å². The van der Waals surface area contributed by atoms with Crippen LogP contribution in [0.1, 0.15) is 29.6 Å². The van der Waals surface area contributed by atoms with Crippen LogP contribution in [0, 0.1) is 11.7 Å². The Kier molecular flexibility index (Phi) is 5.40. The Bertz CT molecular complexity index is 1100. The molecule has 0 N–H and O–H groups in total. The van der Waals surface area contributed by atoms with Crippen molar-refractivity contribution in [2.24, 2.45) is 5.92 Å². The second kappa shape index (κ2) is 8.34. The molecule has 31 heavy (non-hydrogen) atoms. The molecule has 158 valence electrons. The zero-order valence-corrected chi connectivity index (χ0v) is 18.2. The summed E-state index contributed by atoms with van der Waals surface area (Å²) >= 11 is 3.38. The Morgan fingerprint density at radius 3 is 2.71 bits per heavy atom. The molecule has 0 spiro atoms. The van der Waals surface area contributed by atoms with Crippen LogP contribution in [0.4, 0.5) is 4.39 Å². The third-order valence-electron chi connectivity index (χ3n) is 5.97. The smallest absolute Gasteiger partial charge is 0.254 e. The van der Waals surface area contributed by atoms with Crippen molar-refractivity contribution in [2.45, 2.75) is 31.4 Å². The summed E-state index contributed by atoms with van der Waals surface area (Å²) in [6.07, 6.45) is 7.57. The number of hydrogen-bond acceptors (Lipinski definition) is 5. The molecule has 0 radical (unpaired) electrons. The first-order valence-corrected chi connectivity index (χ1v) is 11.0. The molecule has 1 aliphatic carbocycles. The lowest BCUT2D eigenvalue weighted by Gasteiger charge is -2.49. The lowest BCUT2D eigenvalue weighted by Crippen LogP contribution is -2.59. The highest BCUT2D eigenvalue weighted by molar-refractivity contribution is 9.10. The van der Waals surface area contributed by atoms with Crippen molar-refractivity contribution in [1.29, 1.82) is 0 Å². The van der Waals surface area contributed by atoms with E-state index in [0.717, 1.165) is 23.7 Å². The van der Waals surface area contributed by atoms with Crippen LogP contribution >= 0.6 is 15.9 Å². The lowest BCUT2D eigenvalue weighted by molar-refractivity contribution is -0.0313. The van der Waals surface area contributed by atoms with Gasteiger partial charge in [0.25, 0.3) is 5.91 Å². The van der Waals surface area contributed by atoms with Crippen molar-refractivity contribution in [3.8, 4) is 17.3 Å². The summed E-state index contributed by atoms with van der Waals surface area (Å²) < 4.78 is 21.1. The molecule has 4 heterocycles. The molecule has 1 aromatic carbocycles. The Morgan fingerprint density at radius 2 is 1.97 bits per heavy atom. The number of ether oxygens (including phenoxy) is 1. The van der Waals surface area contributed by atoms with Gasteiger partial charge in [-0.25, -0.2) is 19.3 Å². The first kappa shape index (κ1) is 20.1. The molecular weight excluding hydrogens is 463 g/mol. The minimum atomic E-state index is -0.429. The van der Waals surface area contributed by atoms with Crippen molar-refractivity contribution in [2.75, 3.05) is 6.54 Å². The molecule has 2 saturated heterocycles. The van der Waals surface area contributed by atoms with E-state index in [1.165, 1.54) is 18.2 Å². The predicted molar refractivity (Wildman–Crippen MR) is 116 cm³/mol. The van der Waals surface area contributed by atoms with Gasteiger partial charge < -0.3 is 9.64 Å². The van der Waals surface area contributed by atoms with Crippen LogP contribution in [0.25, 0.3) is 11.4 Å². The first-order valence-electron chi connectivity index (χ1n) is 10.2. The summed E-state index contributed by atoms with van der Waals surface area (Å²) in [6.45, 7) is 0.670. The van der Waals surface area contributed by atoms with Gasteiger partial charge in [-0.2, -0.15) is 0 Å². The molecule has 2 aromatic heterocycles. The predicted octanol–water partition coefficient (Wildman–Crippen LogP) is 4.51. The molecule has 3 aromatic rings. The maximum Gasteiger partial charge on any atom is 0.254 e. The van der Waals surface area contributed by atoms with E-state index < -0.39 is 5.82 Å². The molecule has 6 nitrogen and oxygen atoms in total. The van der Waals surface area contributed by atoms with E-state index in [9.17, 15) is 9.18 Å². The van der Waals surface area contributed by atoms with Crippen LogP contribution < -0.4 is 4.74 Å². The average Bonchev–Trinajstić information content (AvgIpc) is 2.81. The number of hydrogen-bond donors (Lipinski definition) is 0. The largest absolute Gasteiger partial charge is 0.472 e. The van der Waals surface area contributed by atoms with Gasteiger partial charge in [0.05, 0.1) is 11.6 Å². The van der Waals surface area contributed by atoms with E-state index in [1.807, 2.05) is 17.0 Å². The standard InChI is InChI=1S/C23H20BrFN4O2/c24-15-3-7-21(28-12-15)31-20-10-14-2-6-19(20)29(13-14)23(30)17-5-4-16(25)11-18(17)22-26-8-1-9-27-22/h1,3-5,7-9,11-12,14,19-20H,2,6,10,13H2. The normalized spacial score (nSPS) is 22.4. The fourth-order valence-corrected chi connectivity index (χ4v) is 4.79. The maximum atomic E-state index is 14.0. The van der Waals surface area contributed by atoms with Gasteiger partial charge in [0, 0.05) is 41.2 Å². The Hall–Kier alpha value is -2.87. The third-order valence-corrected chi connectivity index (χ3v) is 6.44. The summed E-state index contributed by atoms with van der Waals surface area (Å²) in [5.41, 5.74) is 0.805. The summed E-state index contributed by atoms with van der Waals surface area (Å²) in [5.74, 6) is 0.676. The highest BCUT2D eigenvalue weighted by Gasteiger charge is 2.44. The number of fused-ring (bicyclic) bond motifs is 3. The summed E-state index contributed by atoms with van der Waals surface area (Å²) in [7, 11) is 0. The van der Waals surface area contributed by atoms with Crippen LogP contribution in [0.2, 0.25) is 0 Å². The molecule has 3 aliphatic rings. The van der Waals surface area contributed by atoms with Gasteiger partial charge in [0.2, 0.25) is 5.88 Å². The molecular formula is C23H20BrFN4O2. The SMILES string of the molecule is O=C(c1ccc(F)cc1-c1ncccn1)N1CC2CCC1C(Oc1ccc(Br)cn1)C2. The molecule has 3 fully saturated rings. The quantitative estimate of drug-likeness (QED) is 0.546. The summed E-state index contributed by atoms with van der Waals surface area (Å²) in [4.78, 5) is 28.2. The van der Waals surface area contributed by atoms with E-state index in [0.29, 0.717) is 35.3 Å². The number of rotatable bonds is 4. The highest BCUT2D eigenvalue weighted by Crippen LogP contribution is 2.38. The first-order chi connectivity index (χ1) is 15.1. The maximum absolute atomic E-state index is 14.0. The van der Waals surface area contributed by atoms with Gasteiger partial charge in [0.15, 0.2) is 5.82 Å². The van der Waals surface area contributed by atoms with E-state index in [-0.39, 0.29) is 18.1 Å². The van der Waals surface area contributed by atoms with Crippen molar-refractivity contribution < 1.29 is 13.9 Å². The van der Waals surface area contributed by atoms with Crippen LogP contribution in [0.5, 0.6) is 5.88 Å². The molecule has 3 unspecified atom stereocenters. The van der Waals surface area contributed by atoms with Crippen molar-refractivity contribution in [1.82, 2.24) is 19.9 Å². The van der Waals surface area contributed by atoms with Crippen molar-refractivity contribution >= 4 is 21.8 Å². The Labute approximate surface area is 187 Å². The minimum Gasteiger partial charge on any atom is -0.472 e. The van der Waals surface area contributed by atoms with E-state index in [1.54, 1.807) is 24.7 Å². The molecule has 2 bridgehead atoms. The molecule has 8 heteroatoms. The summed E-state index contributed by atoms with van der Waals surface area (Å²) in [5, 5.41) is 0. The van der Waals surface area contributed by atoms with E-state index >= 15 is 0 Å². The number of benzene rings is 1. The lowest BCUT2D eigenvalue weighted by atomic mass is 9.77. The van der Waals surface area contributed by atoms with Crippen LogP contribution in [0.15, 0.2) is 59.5 Å².